The molecule has 4 rings (SSSR count). The summed E-state index contributed by atoms with van der Waals surface area (Å²) in [5, 5.41) is 3.49. The summed E-state index contributed by atoms with van der Waals surface area (Å²) in [7, 11) is 2.17. The maximum atomic E-state index is 12.6. The Morgan fingerprint density at radius 1 is 1.19 bits per heavy atom. The number of hydrogen-bond donors (Lipinski definition) is 2. The number of likely N-dealkylation sites (tertiary alicyclic amines) is 1. The minimum atomic E-state index is -0.756. The number of nitrogens with one attached hydrogen (secondary N) is 1. The van der Waals surface area contributed by atoms with Gasteiger partial charge in [-0.05, 0) is 70.4 Å². The Morgan fingerprint density at radius 3 is 2.48 bits per heavy atom. The van der Waals surface area contributed by atoms with Crippen molar-refractivity contribution in [3.63, 3.8) is 0 Å². The van der Waals surface area contributed by atoms with E-state index in [0.717, 1.165) is 18.8 Å². The molecule has 1 aliphatic rings. The molecule has 1 amide bonds. The Labute approximate surface area is 181 Å². The van der Waals surface area contributed by atoms with E-state index in [1.54, 1.807) is 4.57 Å². The van der Waals surface area contributed by atoms with Crippen molar-refractivity contribution in [3.8, 4) is 0 Å². The predicted molar refractivity (Wildman–Crippen MR) is 122 cm³/mol. The molecule has 3 heterocycles. The van der Waals surface area contributed by atoms with Crippen LogP contribution in [0.2, 0.25) is 0 Å². The lowest BCUT2D eigenvalue weighted by molar-refractivity contribution is 0.0998. The molecule has 0 radical (unpaired) electrons. The van der Waals surface area contributed by atoms with Crippen LogP contribution in [0.5, 0.6) is 0 Å². The first-order valence-corrected chi connectivity index (χ1v) is 10.6. The van der Waals surface area contributed by atoms with Gasteiger partial charge in [-0.25, -0.2) is 4.98 Å². The molecule has 31 heavy (non-hydrogen) atoms. The maximum absolute atomic E-state index is 12.6. The minimum Gasteiger partial charge on any atom is -0.365 e. The number of carbonyl (C=O) groups is 1. The van der Waals surface area contributed by atoms with Crippen molar-refractivity contribution >= 4 is 28.6 Å². The molecule has 3 aromatic rings. The number of aromatic nitrogens is 3. The van der Waals surface area contributed by atoms with Crippen molar-refractivity contribution in [3.05, 3.63) is 58.0 Å². The van der Waals surface area contributed by atoms with Gasteiger partial charge in [0.15, 0.2) is 0 Å². The fourth-order valence-corrected chi connectivity index (χ4v) is 4.07. The molecular formula is C23H28N6O2. The Morgan fingerprint density at radius 2 is 1.87 bits per heavy atom. The van der Waals surface area contributed by atoms with Crippen LogP contribution in [-0.2, 0) is 0 Å². The van der Waals surface area contributed by atoms with E-state index in [1.165, 1.54) is 30.8 Å². The number of fused-ring (bicyclic) bond motifs is 1. The summed E-state index contributed by atoms with van der Waals surface area (Å²) < 4.78 is 1.77. The average Bonchev–Trinajstić information content (AvgIpc) is 2.74. The van der Waals surface area contributed by atoms with Gasteiger partial charge >= 0.3 is 0 Å². The van der Waals surface area contributed by atoms with Crippen LogP contribution < -0.4 is 16.5 Å². The van der Waals surface area contributed by atoms with Gasteiger partial charge < -0.3 is 20.5 Å². The van der Waals surface area contributed by atoms with E-state index in [-0.39, 0.29) is 17.0 Å². The molecule has 0 aliphatic carbocycles. The highest BCUT2D eigenvalue weighted by Gasteiger charge is 2.19. The van der Waals surface area contributed by atoms with E-state index < -0.39 is 11.3 Å². The van der Waals surface area contributed by atoms with E-state index in [9.17, 15) is 9.59 Å². The molecule has 0 bridgehead atoms. The summed E-state index contributed by atoms with van der Waals surface area (Å²) in [4.78, 5) is 35.5. The fourth-order valence-electron chi connectivity index (χ4n) is 4.07. The number of primary amides is 1. The van der Waals surface area contributed by atoms with Gasteiger partial charge in [-0.1, -0.05) is 12.1 Å². The largest absolute Gasteiger partial charge is 0.365 e. The monoisotopic (exact) mass is 420 g/mol. The number of hydrogen-bond acceptors (Lipinski definition) is 6. The van der Waals surface area contributed by atoms with Gasteiger partial charge in [-0.15, -0.1) is 0 Å². The standard InChI is InChI=1S/C23H28N6O2/c1-14(2)29-13-19(21(24)31)20(30)18-12-25-23(27-22(18)29)26-17-6-4-15(5-7-17)16-8-10-28(3)11-9-16/h4-7,12-14,16H,8-11H2,1-3H3,(H2,24,31)(H,25,26,27). The van der Waals surface area contributed by atoms with Crippen molar-refractivity contribution in [1.29, 1.82) is 0 Å². The quantitative estimate of drug-likeness (QED) is 0.657. The van der Waals surface area contributed by atoms with Crippen LogP contribution in [-0.4, -0.2) is 45.5 Å². The summed E-state index contributed by atoms with van der Waals surface area (Å²) in [6.07, 6.45) is 5.28. The SMILES string of the molecule is CC(C)n1cc(C(N)=O)c(=O)c2cnc(Nc3ccc(C4CCN(C)CC4)cc3)nc21. The van der Waals surface area contributed by atoms with Crippen LogP contribution in [0.4, 0.5) is 11.6 Å². The zero-order valence-electron chi connectivity index (χ0n) is 18.1. The van der Waals surface area contributed by atoms with Gasteiger partial charge in [0.05, 0.1) is 5.39 Å². The van der Waals surface area contributed by atoms with E-state index >= 15 is 0 Å². The second-order valence-electron chi connectivity index (χ2n) is 8.49. The highest BCUT2D eigenvalue weighted by atomic mass is 16.2. The van der Waals surface area contributed by atoms with E-state index in [4.69, 9.17) is 5.73 Å². The van der Waals surface area contributed by atoms with Gasteiger partial charge in [-0.3, -0.25) is 9.59 Å². The van der Waals surface area contributed by atoms with Crippen molar-refractivity contribution in [2.45, 2.75) is 38.6 Å². The molecule has 0 atom stereocenters. The van der Waals surface area contributed by atoms with Crippen LogP contribution in [0, 0.1) is 0 Å². The van der Waals surface area contributed by atoms with Gasteiger partial charge in [0, 0.05) is 24.1 Å². The molecule has 0 saturated carbocycles. The van der Waals surface area contributed by atoms with Crippen LogP contribution in [0.3, 0.4) is 0 Å². The van der Waals surface area contributed by atoms with Gasteiger partial charge in [0.25, 0.3) is 5.91 Å². The topological polar surface area (TPSA) is 106 Å². The number of pyridine rings is 1. The van der Waals surface area contributed by atoms with Gasteiger partial charge in [0.2, 0.25) is 11.4 Å². The lowest BCUT2D eigenvalue weighted by Gasteiger charge is -2.29. The zero-order chi connectivity index (χ0) is 22.1. The second-order valence-corrected chi connectivity index (χ2v) is 8.49. The molecule has 3 N–H and O–H groups in total. The number of amides is 1. The fraction of sp³-hybridized carbons (Fsp3) is 0.391. The number of nitrogens with zero attached hydrogens (tertiary/aromatic N) is 4. The molecule has 2 aromatic heterocycles. The van der Waals surface area contributed by atoms with Crippen molar-refractivity contribution in [1.82, 2.24) is 19.4 Å². The first kappa shape index (κ1) is 21.0. The second kappa shape index (κ2) is 8.47. The first-order chi connectivity index (χ1) is 14.8. The molecule has 1 aliphatic heterocycles. The molecule has 8 nitrogen and oxygen atoms in total. The first-order valence-electron chi connectivity index (χ1n) is 10.6. The normalized spacial score (nSPS) is 15.5. The number of piperidine rings is 1. The number of nitrogens with two attached hydrogens (primary N) is 1. The van der Waals surface area contributed by atoms with Gasteiger partial charge in [0.1, 0.15) is 11.2 Å². The molecular weight excluding hydrogens is 392 g/mol. The van der Waals surface area contributed by atoms with Gasteiger partial charge in [-0.2, -0.15) is 4.98 Å². The third-order valence-corrected chi connectivity index (χ3v) is 5.95. The minimum absolute atomic E-state index is 0.0160. The Hall–Kier alpha value is -3.26. The highest BCUT2D eigenvalue weighted by molar-refractivity contribution is 5.95. The molecule has 1 fully saturated rings. The molecule has 0 unspecified atom stereocenters. The number of benzene rings is 1. The van der Waals surface area contributed by atoms with Crippen LogP contribution in [0.25, 0.3) is 11.0 Å². The highest BCUT2D eigenvalue weighted by Crippen LogP contribution is 2.28. The summed E-state index contributed by atoms with van der Waals surface area (Å²) in [5.74, 6) is 0.232. The number of carbonyl (C=O) groups excluding carboxylic acids is 1. The van der Waals surface area contributed by atoms with E-state index in [1.807, 2.05) is 26.0 Å². The summed E-state index contributed by atoms with van der Waals surface area (Å²) in [5.41, 5.74) is 7.55. The lowest BCUT2D eigenvalue weighted by atomic mass is 9.89. The number of rotatable bonds is 5. The van der Waals surface area contributed by atoms with E-state index in [2.05, 4.69) is 39.4 Å². The van der Waals surface area contributed by atoms with Crippen LogP contribution in [0.1, 0.15) is 54.6 Å². The van der Waals surface area contributed by atoms with Crippen molar-refractivity contribution in [2.75, 3.05) is 25.5 Å². The smallest absolute Gasteiger partial charge is 0.254 e. The van der Waals surface area contributed by atoms with Crippen molar-refractivity contribution < 1.29 is 4.79 Å². The Balaban J connectivity index is 1.62. The molecule has 162 valence electrons. The molecule has 1 aromatic carbocycles. The summed E-state index contributed by atoms with van der Waals surface area (Å²) in [6.45, 7) is 6.16. The third kappa shape index (κ3) is 4.29. The Kier molecular flexibility index (Phi) is 5.73. The maximum Gasteiger partial charge on any atom is 0.254 e. The van der Waals surface area contributed by atoms with E-state index in [0.29, 0.717) is 17.5 Å². The third-order valence-electron chi connectivity index (χ3n) is 5.95. The lowest BCUT2D eigenvalue weighted by Crippen LogP contribution is -2.29. The summed E-state index contributed by atoms with van der Waals surface area (Å²) >= 11 is 0. The molecule has 8 heteroatoms. The summed E-state index contributed by atoms with van der Waals surface area (Å²) in [6, 6.07) is 8.36. The molecule has 1 saturated heterocycles. The molecule has 0 spiro atoms. The van der Waals surface area contributed by atoms with Crippen molar-refractivity contribution in [2.24, 2.45) is 5.73 Å². The van der Waals surface area contributed by atoms with Crippen LogP contribution >= 0.6 is 0 Å². The Bertz CT molecular complexity index is 1160. The predicted octanol–water partition coefficient (Wildman–Crippen LogP) is 3.02. The zero-order valence-corrected chi connectivity index (χ0v) is 18.1. The average molecular weight is 421 g/mol. The van der Waals surface area contributed by atoms with Crippen LogP contribution in [0.15, 0.2) is 41.5 Å². The number of anilines is 2.